The average molecular weight is 221 g/mol. The van der Waals surface area contributed by atoms with Gasteiger partial charge in [-0.15, -0.1) is 0 Å². The van der Waals surface area contributed by atoms with Crippen molar-refractivity contribution in [3.8, 4) is 0 Å². The van der Waals surface area contributed by atoms with Crippen LogP contribution in [0.2, 0.25) is 0 Å². The largest absolute Gasteiger partial charge is 0.324 e. The molecule has 3 heteroatoms. The first-order chi connectivity index (χ1) is 7.81. The molecule has 16 heavy (non-hydrogen) atoms. The number of nitrogens with zero attached hydrogens (tertiary/aromatic N) is 2. The van der Waals surface area contributed by atoms with Gasteiger partial charge in [-0.25, -0.2) is 0 Å². The number of hydrogen-bond acceptors (Lipinski definition) is 3. The fourth-order valence-corrected chi connectivity index (χ4v) is 3.02. The van der Waals surface area contributed by atoms with Crippen molar-refractivity contribution in [1.82, 2.24) is 9.80 Å². The van der Waals surface area contributed by atoms with Crippen molar-refractivity contribution in [2.75, 3.05) is 32.7 Å². The van der Waals surface area contributed by atoms with E-state index in [-0.39, 0.29) is 0 Å². The van der Waals surface area contributed by atoms with Gasteiger partial charge in [0.05, 0.1) is 0 Å². The van der Waals surface area contributed by atoms with Gasteiger partial charge in [-0.1, -0.05) is 12.2 Å². The molecule has 1 heterocycles. The molecule has 0 aromatic carbocycles. The molecule has 1 saturated heterocycles. The van der Waals surface area contributed by atoms with E-state index in [4.69, 9.17) is 5.73 Å². The van der Waals surface area contributed by atoms with Crippen LogP contribution in [0.1, 0.15) is 19.3 Å². The zero-order valence-corrected chi connectivity index (χ0v) is 10.0. The second kappa shape index (κ2) is 4.47. The van der Waals surface area contributed by atoms with E-state index < -0.39 is 0 Å². The molecule has 0 aromatic heterocycles. The van der Waals surface area contributed by atoms with Crippen LogP contribution in [0.5, 0.6) is 0 Å². The first-order valence-corrected chi connectivity index (χ1v) is 6.71. The fourth-order valence-electron chi connectivity index (χ4n) is 3.02. The maximum atomic E-state index is 5.89. The van der Waals surface area contributed by atoms with E-state index in [2.05, 4.69) is 22.0 Å². The molecule has 0 bridgehead atoms. The zero-order chi connectivity index (χ0) is 11.0. The average Bonchev–Trinajstić information content (AvgIpc) is 3.05. The van der Waals surface area contributed by atoms with Crippen molar-refractivity contribution in [3.63, 3.8) is 0 Å². The van der Waals surface area contributed by atoms with Crippen LogP contribution >= 0.6 is 0 Å². The van der Waals surface area contributed by atoms with Gasteiger partial charge in [0.2, 0.25) is 0 Å². The van der Waals surface area contributed by atoms with Crippen molar-refractivity contribution >= 4 is 0 Å². The minimum Gasteiger partial charge on any atom is -0.324 e. The Morgan fingerprint density at radius 1 is 1.06 bits per heavy atom. The van der Waals surface area contributed by atoms with Crippen molar-refractivity contribution in [2.24, 2.45) is 11.7 Å². The Hall–Kier alpha value is -0.380. The van der Waals surface area contributed by atoms with Crippen LogP contribution in [0.15, 0.2) is 12.2 Å². The predicted molar refractivity (Wildman–Crippen MR) is 66.3 cm³/mol. The van der Waals surface area contributed by atoms with Gasteiger partial charge in [0.25, 0.3) is 0 Å². The topological polar surface area (TPSA) is 32.5 Å². The lowest BCUT2D eigenvalue weighted by Crippen LogP contribution is -2.48. The van der Waals surface area contributed by atoms with Crippen molar-refractivity contribution in [2.45, 2.75) is 31.3 Å². The highest BCUT2D eigenvalue weighted by molar-refractivity contribution is 5.05. The van der Waals surface area contributed by atoms with Crippen LogP contribution in [-0.2, 0) is 0 Å². The van der Waals surface area contributed by atoms with E-state index in [1.807, 2.05) is 0 Å². The standard InChI is InChI=1S/C13H23N3/c14-12-2-1-11(9-12)10-15-5-7-16(8-6-15)13-3-4-13/h1-2,11-13H,3-10,14H2. The molecule has 3 nitrogen and oxygen atoms in total. The normalized spacial score (nSPS) is 37.1. The predicted octanol–water partition coefficient (Wildman–Crippen LogP) is 0.670. The molecular weight excluding hydrogens is 198 g/mol. The van der Waals surface area contributed by atoms with Crippen LogP contribution in [0.3, 0.4) is 0 Å². The van der Waals surface area contributed by atoms with E-state index in [0.29, 0.717) is 12.0 Å². The summed E-state index contributed by atoms with van der Waals surface area (Å²) in [6.45, 7) is 6.31. The molecule has 0 radical (unpaired) electrons. The highest BCUT2D eigenvalue weighted by atomic mass is 15.3. The maximum absolute atomic E-state index is 5.89. The third-order valence-electron chi connectivity index (χ3n) is 4.17. The van der Waals surface area contributed by atoms with Crippen LogP contribution in [0.25, 0.3) is 0 Å². The van der Waals surface area contributed by atoms with E-state index in [1.54, 1.807) is 0 Å². The van der Waals surface area contributed by atoms with Crippen LogP contribution in [-0.4, -0.2) is 54.6 Å². The van der Waals surface area contributed by atoms with Crippen LogP contribution in [0.4, 0.5) is 0 Å². The SMILES string of the molecule is NC1C=CC(CN2CCN(C3CC3)CC2)C1. The molecule has 0 amide bonds. The van der Waals surface area contributed by atoms with Gasteiger partial charge >= 0.3 is 0 Å². The van der Waals surface area contributed by atoms with E-state index in [0.717, 1.165) is 12.5 Å². The summed E-state index contributed by atoms with van der Waals surface area (Å²) in [5.41, 5.74) is 5.89. The Kier molecular flexibility index (Phi) is 3.01. The van der Waals surface area contributed by atoms with Crippen molar-refractivity contribution < 1.29 is 0 Å². The Morgan fingerprint density at radius 3 is 2.38 bits per heavy atom. The lowest BCUT2D eigenvalue weighted by atomic mass is 10.1. The minimum atomic E-state index is 0.317. The number of piperazine rings is 1. The number of nitrogens with two attached hydrogens (primary N) is 1. The Morgan fingerprint density at radius 2 is 1.81 bits per heavy atom. The Bertz CT molecular complexity index is 264. The first kappa shape index (κ1) is 10.8. The van der Waals surface area contributed by atoms with Gasteiger partial charge < -0.3 is 10.6 Å². The lowest BCUT2D eigenvalue weighted by Gasteiger charge is -2.35. The zero-order valence-electron chi connectivity index (χ0n) is 10.0. The molecule has 2 fully saturated rings. The first-order valence-electron chi connectivity index (χ1n) is 6.71. The van der Waals surface area contributed by atoms with Gasteiger partial charge in [-0.05, 0) is 25.2 Å². The van der Waals surface area contributed by atoms with Crippen LogP contribution in [0, 0.1) is 5.92 Å². The second-order valence-corrected chi connectivity index (χ2v) is 5.61. The summed E-state index contributed by atoms with van der Waals surface area (Å²) < 4.78 is 0. The summed E-state index contributed by atoms with van der Waals surface area (Å²) in [6.07, 6.45) is 8.53. The third-order valence-corrected chi connectivity index (χ3v) is 4.17. The molecule has 1 saturated carbocycles. The summed E-state index contributed by atoms with van der Waals surface area (Å²) in [6, 6.07) is 1.26. The molecule has 0 spiro atoms. The lowest BCUT2D eigenvalue weighted by molar-refractivity contribution is 0.117. The molecule has 2 atom stereocenters. The summed E-state index contributed by atoms with van der Waals surface area (Å²) >= 11 is 0. The monoisotopic (exact) mass is 221 g/mol. The molecule has 1 aliphatic heterocycles. The number of rotatable bonds is 3. The van der Waals surface area contributed by atoms with Gasteiger partial charge in [0.1, 0.15) is 0 Å². The highest BCUT2D eigenvalue weighted by Gasteiger charge is 2.31. The third kappa shape index (κ3) is 2.47. The van der Waals surface area contributed by atoms with E-state index >= 15 is 0 Å². The quantitative estimate of drug-likeness (QED) is 0.711. The molecule has 2 N–H and O–H groups in total. The number of hydrogen-bond donors (Lipinski definition) is 1. The minimum absolute atomic E-state index is 0.317. The van der Waals surface area contributed by atoms with Gasteiger partial charge in [0.15, 0.2) is 0 Å². The summed E-state index contributed by atoms with van der Waals surface area (Å²) in [7, 11) is 0. The molecule has 2 unspecified atom stereocenters. The van der Waals surface area contributed by atoms with Crippen LogP contribution < -0.4 is 5.73 Å². The molecular formula is C13H23N3. The molecule has 90 valence electrons. The second-order valence-electron chi connectivity index (χ2n) is 5.61. The van der Waals surface area contributed by atoms with Gasteiger partial charge in [0, 0.05) is 44.8 Å². The van der Waals surface area contributed by atoms with E-state index in [1.165, 1.54) is 45.6 Å². The summed E-state index contributed by atoms with van der Waals surface area (Å²) in [4.78, 5) is 5.29. The van der Waals surface area contributed by atoms with Gasteiger partial charge in [-0.3, -0.25) is 4.90 Å². The van der Waals surface area contributed by atoms with E-state index in [9.17, 15) is 0 Å². The van der Waals surface area contributed by atoms with Gasteiger partial charge in [-0.2, -0.15) is 0 Å². The summed E-state index contributed by atoms with van der Waals surface area (Å²) in [5.74, 6) is 0.711. The molecule has 2 aliphatic carbocycles. The molecule has 0 aromatic rings. The van der Waals surface area contributed by atoms with Crippen molar-refractivity contribution in [3.05, 3.63) is 12.2 Å². The highest BCUT2D eigenvalue weighted by Crippen LogP contribution is 2.27. The summed E-state index contributed by atoms with van der Waals surface area (Å²) in [5, 5.41) is 0. The Labute approximate surface area is 98.3 Å². The Balaban J connectivity index is 1.42. The molecule has 3 aliphatic rings. The van der Waals surface area contributed by atoms with Crippen molar-refractivity contribution in [1.29, 1.82) is 0 Å². The maximum Gasteiger partial charge on any atom is 0.0229 e. The smallest absolute Gasteiger partial charge is 0.0229 e. The molecule has 3 rings (SSSR count). The fraction of sp³-hybridized carbons (Fsp3) is 0.846.